The average molecular weight is 405 g/mol. The Bertz CT molecular complexity index is 793. The molecule has 3 N–H and O–H groups in total. The number of rotatable bonds is 4. The van der Waals surface area contributed by atoms with Crippen LogP contribution in [0.4, 0.5) is 5.69 Å². The lowest BCUT2D eigenvalue weighted by atomic mass is 10.1. The molecule has 0 fully saturated rings. The van der Waals surface area contributed by atoms with Crippen molar-refractivity contribution in [3.05, 3.63) is 44.7 Å². The zero-order valence-electron chi connectivity index (χ0n) is 11.3. The maximum Gasteiger partial charge on any atom is 0.271 e. The topological polar surface area (TPSA) is 72.2 Å². The van der Waals surface area contributed by atoms with Crippen LogP contribution in [0.2, 0.25) is 0 Å². The number of benzene rings is 1. The second-order valence-corrected chi connectivity index (χ2v) is 9.21. The summed E-state index contributed by atoms with van der Waals surface area (Å²) >= 11 is 9.50. The van der Waals surface area contributed by atoms with Gasteiger partial charge in [-0.25, -0.2) is 8.42 Å². The molecular weight excluding hydrogens is 392 g/mol. The number of anilines is 1. The number of thiophene rings is 1. The van der Waals surface area contributed by atoms with E-state index in [1.54, 1.807) is 18.2 Å². The highest BCUT2D eigenvalue weighted by molar-refractivity contribution is 9.11. The lowest BCUT2D eigenvalue weighted by Gasteiger charge is -2.13. The molecule has 8 heteroatoms. The van der Waals surface area contributed by atoms with Crippen LogP contribution in [0.5, 0.6) is 0 Å². The molecule has 0 spiro atoms. The van der Waals surface area contributed by atoms with Gasteiger partial charge < -0.3 is 5.73 Å². The minimum atomic E-state index is -3.66. The van der Waals surface area contributed by atoms with Crippen LogP contribution in [0, 0.1) is 13.8 Å². The molecule has 0 atom stereocenters. The molecule has 0 aliphatic carbocycles. The molecule has 2 aromatic rings. The Morgan fingerprint density at radius 2 is 2.00 bits per heavy atom. The van der Waals surface area contributed by atoms with Gasteiger partial charge in [0.15, 0.2) is 0 Å². The fraction of sp³-hybridized carbons (Fsp3) is 0.154. The molecule has 4 nitrogen and oxygen atoms in total. The van der Waals surface area contributed by atoms with Crippen LogP contribution in [0.1, 0.15) is 16.7 Å². The molecule has 0 saturated carbocycles. The SMILES string of the molecule is Cc1cc(S(=O)(=O)Nc2cccc(C)c2C(N)=S)sc1Br. The first-order chi connectivity index (χ1) is 9.72. The number of nitrogens with one attached hydrogen (secondary N) is 1. The Labute approximate surface area is 141 Å². The number of sulfonamides is 1. The highest BCUT2D eigenvalue weighted by Gasteiger charge is 2.20. The van der Waals surface area contributed by atoms with Gasteiger partial charge in [0.25, 0.3) is 10.0 Å². The van der Waals surface area contributed by atoms with E-state index >= 15 is 0 Å². The Morgan fingerprint density at radius 1 is 1.33 bits per heavy atom. The largest absolute Gasteiger partial charge is 0.389 e. The number of aryl methyl sites for hydroxylation is 2. The van der Waals surface area contributed by atoms with E-state index in [0.29, 0.717) is 11.3 Å². The van der Waals surface area contributed by atoms with E-state index in [4.69, 9.17) is 18.0 Å². The van der Waals surface area contributed by atoms with Crippen LogP contribution >= 0.6 is 39.5 Å². The van der Waals surface area contributed by atoms with Gasteiger partial charge in [0, 0.05) is 5.56 Å². The summed E-state index contributed by atoms with van der Waals surface area (Å²) in [7, 11) is -3.66. The summed E-state index contributed by atoms with van der Waals surface area (Å²) in [6, 6.07) is 6.85. The van der Waals surface area contributed by atoms with Gasteiger partial charge in [-0.1, -0.05) is 24.4 Å². The van der Waals surface area contributed by atoms with Crippen molar-refractivity contribution < 1.29 is 8.42 Å². The van der Waals surface area contributed by atoms with E-state index in [0.717, 1.165) is 26.3 Å². The van der Waals surface area contributed by atoms with Crippen molar-refractivity contribution in [1.82, 2.24) is 0 Å². The lowest BCUT2D eigenvalue weighted by Crippen LogP contribution is -2.18. The molecule has 0 bridgehead atoms. The van der Waals surface area contributed by atoms with Crippen LogP contribution in [0.25, 0.3) is 0 Å². The van der Waals surface area contributed by atoms with Crippen molar-refractivity contribution in [2.75, 3.05) is 4.72 Å². The van der Waals surface area contributed by atoms with Crippen LogP contribution in [0.15, 0.2) is 32.3 Å². The molecule has 0 aliphatic rings. The van der Waals surface area contributed by atoms with Gasteiger partial charge in [-0.2, -0.15) is 0 Å². The van der Waals surface area contributed by atoms with Crippen LogP contribution in [-0.4, -0.2) is 13.4 Å². The third kappa shape index (κ3) is 3.45. The van der Waals surface area contributed by atoms with E-state index in [1.165, 1.54) is 0 Å². The molecule has 0 saturated heterocycles. The summed E-state index contributed by atoms with van der Waals surface area (Å²) in [6.45, 7) is 3.67. The second kappa shape index (κ2) is 6.04. The van der Waals surface area contributed by atoms with Crippen molar-refractivity contribution >= 4 is 60.2 Å². The molecule has 1 heterocycles. The molecule has 0 amide bonds. The molecule has 0 unspecified atom stereocenters. The van der Waals surface area contributed by atoms with Crippen molar-refractivity contribution in [2.24, 2.45) is 5.73 Å². The molecule has 21 heavy (non-hydrogen) atoms. The summed E-state index contributed by atoms with van der Waals surface area (Å²) in [5, 5.41) is 0. The fourth-order valence-corrected chi connectivity index (χ4v) is 5.41. The summed E-state index contributed by atoms with van der Waals surface area (Å²) in [5.74, 6) is 0. The van der Waals surface area contributed by atoms with Gasteiger partial charge in [-0.3, -0.25) is 4.72 Å². The Hall–Kier alpha value is -0.960. The van der Waals surface area contributed by atoms with Gasteiger partial charge in [0.2, 0.25) is 0 Å². The lowest BCUT2D eigenvalue weighted by molar-refractivity contribution is 0.603. The number of thiocarbonyl (C=S) groups is 1. The molecule has 112 valence electrons. The molecule has 2 rings (SSSR count). The summed E-state index contributed by atoms with van der Waals surface area (Å²) in [4.78, 5) is 0.161. The molecule has 0 aliphatic heterocycles. The van der Waals surface area contributed by atoms with Crippen molar-refractivity contribution in [1.29, 1.82) is 0 Å². The average Bonchev–Trinajstić information content (AvgIpc) is 2.69. The van der Waals surface area contributed by atoms with Crippen LogP contribution in [0.3, 0.4) is 0 Å². The van der Waals surface area contributed by atoms with E-state index in [-0.39, 0.29) is 9.20 Å². The number of halogens is 1. The smallest absolute Gasteiger partial charge is 0.271 e. The zero-order valence-corrected chi connectivity index (χ0v) is 15.3. The second-order valence-electron chi connectivity index (χ2n) is 4.49. The number of hydrogen-bond acceptors (Lipinski definition) is 4. The predicted molar refractivity (Wildman–Crippen MR) is 94.6 cm³/mol. The third-order valence-electron chi connectivity index (χ3n) is 2.86. The monoisotopic (exact) mass is 404 g/mol. The first-order valence-electron chi connectivity index (χ1n) is 5.90. The maximum absolute atomic E-state index is 12.4. The highest BCUT2D eigenvalue weighted by atomic mass is 79.9. The normalized spacial score (nSPS) is 11.4. The maximum atomic E-state index is 12.4. The Morgan fingerprint density at radius 3 is 2.52 bits per heavy atom. The molecular formula is C13H13BrN2O2S3. The number of hydrogen-bond donors (Lipinski definition) is 2. The van der Waals surface area contributed by atoms with E-state index in [9.17, 15) is 8.42 Å². The van der Waals surface area contributed by atoms with Gasteiger partial charge in [-0.05, 0) is 53.0 Å². The van der Waals surface area contributed by atoms with Gasteiger partial charge >= 0.3 is 0 Å². The summed E-state index contributed by atoms with van der Waals surface area (Å²) in [6.07, 6.45) is 0. The number of nitrogens with two attached hydrogens (primary N) is 1. The summed E-state index contributed by atoms with van der Waals surface area (Å²) in [5.41, 5.74) is 8.33. The Kier molecular flexibility index (Phi) is 4.72. The van der Waals surface area contributed by atoms with E-state index in [2.05, 4.69) is 20.7 Å². The zero-order chi connectivity index (χ0) is 15.8. The van der Waals surface area contributed by atoms with Gasteiger partial charge in [0.05, 0.1) is 9.47 Å². The molecule has 0 radical (unpaired) electrons. The van der Waals surface area contributed by atoms with Crippen molar-refractivity contribution in [3.8, 4) is 0 Å². The minimum Gasteiger partial charge on any atom is -0.389 e. The van der Waals surface area contributed by atoms with Crippen molar-refractivity contribution in [2.45, 2.75) is 18.1 Å². The van der Waals surface area contributed by atoms with E-state index in [1.807, 2.05) is 19.9 Å². The first-order valence-corrected chi connectivity index (χ1v) is 9.40. The highest BCUT2D eigenvalue weighted by Crippen LogP contribution is 2.32. The summed E-state index contributed by atoms with van der Waals surface area (Å²) < 4.78 is 28.5. The van der Waals surface area contributed by atoms with Crippen LogP contribution < -0.4 is 10.5 Å². The Balaban J connectivity index is 2.47. The predicted octanol–water partition coefficient (Wildman–Crippen LogP) is 3.56. The first kappa shape index (κ1) is 16.4. The standard InChI is InChI=1S/C13H13BrN2O2S3/c1-7-4-3-5-9(11(7)13(15)19)16-21(17,18)10-6-8(2)12(14)20-10/h3-6,16H,1-2H3,(H2,15,19). The minimum absolute atomic E-state index is 0.161. The quantitative estimate of drug-likeness (QED) is 0.763. The van der Waals surface area contributed by atoms with E-state index < -0.39 is 10.0 Å². The van der Waals surface area contributed by atoms with Crippen LogP contribution in [-0.2, 0) is 10.0 Å². The fourth-order valence-electron chi connectivity index (χ4n) is 1.84. The van der Waals surface area contributed by atoms with Gasteiger partial charge in [0.1, 0.15) is 9.20 Å². The molecule has 1 aromatic carbocycles. The molecule has 1 aromatic heterocycles. The van der Waals surface area contributed by atoms with Crippen molar-refractivity contribution in [3.63, 3.8) is 0 Å². The van der Waals surface area contributed by atoms with Gasteiger partial charge in [-0.15, -0.1) is 11.3 Å². The third-order valence-corrected chi connectivity index (χ3v) is 7.04.